The summed E-state index contributed by atoms with van der Waals surface area (Å²) in [6, 6.07) is 28.3. The monoisotopic (exact) mass is 560 g/mol. The van der Waals surface area contributed by atoms with Gasteiger partial charge in [-0.3, -0.25) is 0 Å². The third kappa shape index (κ3) is 5.92. The van der Waals surface area contributed by atoms with Crippen LogP contribution in [0.4, 0.5) is 0 Å². The van der Waals surface area contributed by atoms with Crippen LogP contribution >= 0.6 is 15.9 Å². The lowest BCUT2D eigenvalue weighted by Gasteiger charge is -2.27. The van der Waals surface area contributed by atoms with Crippen LogP contribution in [0.2, 0.25) is 0 Å². The molecule has 3 N–H and O–H groups in total. The van der Waals surface area contributed by atoms with Crippen LogP contribution in [0.5, 0.6) is 23.0 Å². The van der Waals surface area contributed by atoms with Gasteiger partial charge in [-0.1, -0.05) is 82.7 Å². The summed E-state index contributed by atoms with van der Waals surface area (Å²) >= 11 is 3.68. The van der Waals surface area contributed by atoms with Crippen LogP contribution in [0.3, 0.4) is 0 Å². The number of hydrogen-bond acceptors (Lipinski definition) is 4. The predicted octanol–water partition coefficient (Wildman–Crippen LogP) is 5.72. The summed E-state index contributed by atoms with van der Waals surface area (Å²) in [6.07, 6.45) is 1.63. The summed E-state index contributed by atoms with van der Waals surface area (Å²) in [6.45, 7) is 1.88. The topological polar surface area (TPSA) is 64.5 Å². The molecule has 5 rings (SSSR count). The molecule has 1 heterocycles. The van der Waals surface area contributed by atoms with Crippen LogP contribution in [0.1, 0.15) is 33.9 Å². The molecule has 0 saturated carbocycles. The van der Waals surface area contributed by atoms with Crippen molar-refractivity contribution in [2.45, 2.75) is 32.1 Å². The lowest BCUT2D eigenvalue weighted by molar-refractivity contribution is -0.698. The van der Waals surface area contributed by atoms with Crippen molar-refractivity contribution >= 4 is 15.9 Å². The largest absolute Gasteiger partial charge is 0.504 e. The summed E-state index contributed by atoms with van der Waals surface area (Å²) in [5.41, 5.74) is 5.40. The van der Waals surface area contributed by atoms with Gasteiger partial charge in [0.1, 0.15) is 19.3 Å². The summed E-state index contributed by atoms with van der Waals surface area (Å²) in [7, 11) is 1.58. The Kier molecular flexibility index (Phi) is 7.97. The molecule has 0 fully saturated rings. The SMILES string of the molecule is COc1cc(Br)c2c(c1O)C(Cc1ccc(OCc3ccccc3)c(OCc3ccccc3)c1)[NH2+]CC2. The number of fused-ring (bicyclic) bond motifs is 1. The van der Waals surface area contributed by atoms with E-state index < -0.39 is 0 Å². The van der Waals surface area contributed by atoms with Crippen molar-refractivity contribution in [3.05, 3.63) is 117 Å². The van der Waals surface area contributed by atoms with Crippen molar-refractivity contribution in [2.75, 3.05) is 13.7 Å². The zero-order valence-electron chi connectivity index (χ0n) is 20.8. The zero-order valence-corrected chi connectivity index (χ0v) is 22.4. The Bertz CT molecular complexity index is 1340. The number of aromatic hydroxyl groups is 1. The first-order valence-electron chi connectivity index (χ1n) is 12.5. The lowest BCUT2D eigenvalue weighted by atomic mass is 9.89. The number of nitrogens with two attached hydrogens (primary N) is 1. The molecule has 4 aromatic carbocycles. The molecule has 0 aliphatic carbocycles. The van der Waals surface area contributed by atoms with Crippen molar-refractivity contribution in [3.63, 3.8) is 0 Å². The number of methoxy groups -OCH3 is 1. The van der Waals surface area contributed by atoms with Gasteiger partial charge < -0.3 is 24.6 Å². The van der Waals surface area contributed by atoms with E-state index in [4.69, 9.17) is 14.2 Å². The van der Waals surface area contributed by atoms with Crippen molar-refractivity contribution in [1.29, 1.82) is 0 Å². The van der Waals surface area contributed by atoms with Crippen LogP contribution in [-0.2, 0) is 26.1 Å². The van der Waals surface area contributed by atoms with E-state index in [0.29, 0.717) is 30.5 Å². The zero-order chi connectivity index (χ0) is 25.6. The maximum Gasteiger partial charge on any atom is 0.167 e. The highest BCUT2D eigenvalue weighted by atomic mass is 79.9. The molecular formula is C31H31BrNO4+. The third-order valence-electron chi connectivity index (χ3n) is 6.73. The average molecular weight is 561 g/mol. The fraction of sp³-hybridized carbons (Fsp3) is 0.226. The number of phenols is 1. The molecule has 0 radical (unpaired) electrons. The second-order valence-corrected chi connectivity index (χ2v) is 10.1. The van der Waals surface area contributed by atoms with Crippen molar-refractivity contribution in [3.8, 4) is 23.0 Å². The highest BCUT2D eigenvalue weighted by Gasteiger charge is 2.31. The molecule has 0 saturated heterocycles. The molecular weight excluding hydrogens is 530 g/mol. The van der Waals surface area contributed by atoms with Crippen molar-refractivity contribution < 1.29 is 24.6 Å². The minimum absolute atomic E-state index is 0.0632. The van der Waals surface area contributed by atoms with E-state index in [1.807, 2.05) is 60.7 Å². The van der Waals surface area contributed by atoms with E-state index in [2.05, 4.69) is 45.5 Å². The van der Waals surface area contributed by atoms with Gasteiger partial charge in [-0.2, -0.15) is 0 Å². The summed E-state index contributed by atoms with van der Waals surface area (Å²) in [5.74, 6) is 2.14. The normalized spacial score (nSPS) is 14.6. The summed E-state index contributed by atoms with van der Waals surface area (Å²) < 4.78 is 18.9. The second-order valence-electron chi connectivity index (χ2n) is 9.22. The van der Waals surface area contributed by atoms with E-state index in [9.17, 15) is 5.11 Å². The van der Waals surface area contributed by atoms with E-state index in [-0.39, 0.29) is 11.8 Å². The third-order valence-corrected chi connectivity index (χ3v) is 7.44. The maximum absolute atomic E-state index is 11.0. The van der Waals surface area contributed by atoms with E-state index in [1.165, 1.54) is 0 Å². The average Bonchev–Trinajstić information content (AvgIpc) is 2.94. The first-order chi connectivity index (χ1) is 18.1. The Labute approximate surface area is 226 Å². The molecule has 1 unspecified atom stereocenters. The molecule has 0 aromatic heterocycles. The Balaban J connectivity index is 1.41. The fourth-order valence-corrected chi connectivity index (χ4v) is 5.47. The number of rotatable bonds is 9. The second kappa shape index (κ2) is 11.7. The maximum atomic E-state index is 11.0. The highest BCUT2D eigenvalue weighted by molar-refractivity contribution is 9.10. The van der Waals surface area contributed by atoms with E-state index >= 15 is 0 Å². The molecule has 0 spiro atoms. The first-order valence-corrected chi connectivity index (χ1v) is 13.3. The molecule has 0 amide bonds. The quantitative estimate of drug-likeness (QED) is 0.274. The minimum atomic E-state index is 0.0632. The van der Waals surface area contributed by atoms with Gasteiger partial charge in [-0.05, 0) is 40.5 Å². The molecule has 190 valence electrons. The molecule has 37 heavy (non-hydrogen) atoms. The van der Waals surface area contributed by atoms with Gasteiger partial charge in [0, 0.05) is 17.3 Å². The molecule has 1 aliphatic heterocycles. The Morgan fingerprint density at radius 2 is 1.46 bits per heavy atom. The Hall–Kier alpha value is -3.48. The Morgan fingerprint density at radius 3 is 2.11 bits per heavy atom. The standard InChI is InChI=1S/C31H30BrNO4/c1-35-29-18-25(32)24-14-15-33-26(30(24)31(29)34)16-23-12-13-27(36-19-21-8-4-2-5-9-21)28(17-23)37-20-22-10-6-3-7-11-22/h2-13,17-18,26,33-34H,14-16,19-20H2,1H3/p+1. The highest BCUT2D eigenvalue weighted by Crippen LogP contribution is 2.42. The molecule has 5 nitrogen and oxygen atoms in total. The molecule has 4 aromatic rings. The number of hydrogen-bond donors (Lipinski definition) is 2. The van der Waals surface area contributed by atoms with Gasteiger partial charge in [0.05, 0.1) is 19.2 Å². The van der Waals surface area contributed by atoms with Crippen molar-refractivity contribution in [1.82, 2.24) is 0 Å². The Morgan fingerprint density at radius 1 is 0.811 bits per heavy atom. The fourth-order valence-electron chi connectivity index (χ4n) is 4.85. The molecule has 0 bridgehead atoms. The number of quaternary nitrogens is 1. The van der Waals surface area contributed by atoms with Gasteiger partial charge in [0.25, 0.3) is 0 Å². The van der Waals surface area contributed by atoms with Crippen molar-refractivity contribution in [2.24, 2.45) is 0 Å². The summed E-state index contributed by atoms with van der Waals surface area (Å²) in [5, 5.41) is 13.3. The number of benzene rings is 4. The van der Waals surface area contributed by atoms with Crippen LogP contribution in [0.25, 0.3) is 0 Å². The van der Waals surface area contributed by atoms with Gasteiger partial charge in [-0.25, -0.2) is 0 Å². The summed E-state index contributed by atoms with van der Waals surface area (Å²) in [4.78, 5) is 0. The number of halogens is 1. The van der Waals surface area contributed by atoms with Crippen LogP contribution in [0.15, 0.2) is 89.4 Å². The van der Waals surface area contributed by atoms with Gasteiger partial charge in [0.2, 0.25) is 0 Å². The van der Waals surface area contributed by atoms with E-state index in [1.54, 1.807) is 7.11 Å². The molecule has 1 atom stereocenters. The minimum Gasteiger partial charge on any atom is -0.504 e. The van der Waals surface area contributed by atoms with Gasteiger partial charge in [-0.15, -0.1) is 0 Å². The van der Waals surface area contributed by atoms with Gasteiger partial charge in [0.15, 0.2) is 23.0 Å². The lowest BCUT2D eigenvalue weighted by Crippen LogP contribution is -2.87. The molecule has 1 aliphatic rings. The number of phenolic OH excluding ortho intramolecular Hbond substituents is 1. The van der Waals surface area contributed by atoms with E-state index in [0.717, 1.165) is 51.7 Å². The predicted molar refractivity (Wildman–Crippen MR) is 147 cm³/mol. The first kappa shape index (κ1) is 25.2. The van der Waals surface area contributed by atoms with Crippen LogP contribution in [-0.4, -0.2) is 18.8 Å². The van der Waals surface area contributed by atoms with Crippen LogP contribution in [0, 0.1) is 0 Å². The van der Waals surface area contributed by atoms with Gasteiger partial charge >= 0.3 is 0 Å². The smallest absolute Gasteiger partial charge is 0.167 e. The molecule has 6 heteroatoms. The number of ether oxygens (including phenoxy) is 3. The van der Waals surface area contributed by atoms with Crippen LogP contribution < -0.4 is 19.5 Å².